The van der Waals surface area contributed by atoms with Gasteiger partial charge in [0.25, 0.3) is 0 Å². The Morgan fingerprint density at radius 2 is 2.71 bits per heavy atom. The molecule has 1 aliphatic heterocycles. The second-order valence-electron chi connectivity index (χ2n) is 1.14. The van der Waals surface area contributed by atoms with Crippen LogP contribution in [0, 0.1) is 6.26 Å². The molecule has 0 saturated carbocycles. The van der Waals surface area contributed by atoms with Crippen LogP contribution in [0.2, 0.25) is 0 Å². The number of hydrogen-bond acceptors (Lipinski definition) is 2. The lowest BCUT2D eigenvalue weighted by atomic mass is 10.7. The van der Waals surface area contributed by atoms with E-state index < -0.39 is 0 Å². The van der Waals surface area contributed by atoms with Gasteiger partial charge in [-0.2, -0.15) is 0 Å². The molecule has 37 valence electrons. The van der Waals surface area contributed by atoms with Crippen molar-refractivity contribution in [1.29, 1.82) is 0 Å². The van der Waals surface area contributed by atoms with Gasteiger partial charge in [-0.15, -0.1) is 0 Å². The zero-order chi connectivity index (χ0) is 4.95. The Hall–Kier alpha value is -0.920. The van der Waals surface area contributed by atoms with Crippen molar-refractivity contribution in [3.8, 4) is 0 Å². The van der Waals surface area contributed by atoms with Gasteiger partial charge in [-0.1, -0.05) is 0 Å². The number of nitrogens with one attached hydrogen (secondary N) is 1. The molecule has 0 aromatic carbocycles. The zero-order valence-corrected chi connectivity index (χ0v) is 3.85. The maximum Gasteiger partial charge on any atom is 0.179 e. The van der Waals surface area contributed by atoms with Crippen LogP contribution in [0.25, 0.3) is 0 Å². The van der Waals surface area contributed by atoms with Gasteiger partial charge in [0, 0.05) is 6.20 Å². The van der Waals surface area contributed by atoms with Gasteiger partial charge < -0.3 is 10.1 Å². The van der Waals surface area contributed by atoms with Crippen LogP contribution >= 0.6 is 0 Å². The highest BCUT2D eigenvalue weighted by Gasteiger charge is 1.77. The Bertz CT molecular complexity index is 84.3. The molecule has 0 fully saturated rings. The molecule has 0 unspecified atom stereocenters. The van der Waals surface area contributed by atoms with E-state index in [9.17, 15) is 0 Å². The summed E-state index contributed by atoms with van der Waals surface area (Å²) in [7, 11) is 0. The number of hydrogen-bond donors (Lipinski definition) is 1. The van der Waals surface area contributed by atoms with E-state index >= 15 is 0 Å². The van der Waals surface area contributed by atoms with E-state index in [1.807, 2.05) is 6.08 Å². The Morgan fingerprint density at radius 1 is 1.71 bits per heavy atom. The molecule has 2 heteroatoms. The van der Waals surface area contributed by atoms with Crippen LogP contribution in [-0.4, -0.2) is 6.61 Å². The second kappa shape index (κ2) is 2.29. The van der Waals surface area contributed by atoms with E-state index in [-0.39, 0.29) is 0 Å². The zero-order valence-electron chi connectivity index (χ0n) is 3.85. The average Bonchev–Trinajstić information content (AvgIpc) is 1.90. The van der Waals surface area contributed by atoms with E-state index in [4.69, 9.17) is 4.74 Å². The lowest BCUT2D eigenvalue weighted by Gasteiger charge is -1.83. The molecule has 0 saturated heterocycles. The van der Waals surface area contributed by atoms with Crippen molar-refractivity contribution in [3.63, 3.8) is 0 Å². The number of ether oxygens (including phenoxy) is 1. The van der Waals surface area contributed by atoms with E-state index in [1.54, 1.807) is 12.4 Å². The smallest absolute Gasteiger partial charge is 0.179 e. The third-order valence-electron chi connectivity index (χ3n) is 0.619. The van der Waals surface area contributed by atoms with Crippen LogP contribution in [0.1, 0.15) is 0 Å². The molecule has 0 aromatic heterocycles. The summed E-state index contributed by atoms with van der Waals surface area (Å²) in [4.78, 5) is 0. The van der Waals surface area contributed by atoms with Gasteiger partial charge in [-0.25, -0.2) is 0 Å². The minimum atomic E-state index is 0.615. The van der Waals surface area contributed by atoms with Crippen molar-refractivity contribution in [2.45, 2.75) is 0 Å². The first-order valence-electron chi connectivity index (χ1n) is 2.10. The first-order valence-corrected chi connectivity index (χ1v) is 2.10. The summed E-state index contributed by atoms with van der Waals surface area (Å²) in [6, 6.07) is 0. The van der Waals surface area contributed by atoms with E-state index in [0.717, 1.165) is 0 Å². The minimum absolute atomic E-state index is 0.615. The summed E-state index contributed by atoms with van der Waals surface area (Å²) in [5.74, 6) is 0. The first-order chi connectivity index (χ1) is 3.50. The summed E-state index contributed by atoms with van der Waals surface area (Å²) in [5, 5.41) is 2.81. The van der Waals surface area contributed by atoms with Crippen molar-refractivity contribution in [1.82, 2.24) is 5.32 Å². The monoisotopic (exact) mass is 96.0 g/mol. The standard InChI is InChI=1S/C5H6NO/c1-2-6-3-5-7-4-1/h1-3,6H,4H2. The summed E-state index contributed by atoms with van der Waals surface area (Å²) < 4.78 is 4.74. The Labute approximate surface area is 42.5 Å². The topological polar surface area (TPSA) is 21.3 Å². The van der Waals surface area contributed by atoms with E-state index in [0.29, 0.717) is 6.61 Å². The Morgan fingerprint density at radius 3 is 3.71 bits per heavy atom. The highest BCUT2D eigenvalue weighted by molar-refractivity contribution is 4.86. The summed E-state index contributed by atoms with van der Waals surface area (Å²) >= 11 is 0. The van der Waals surface area contributed by atoms with E-state index in [2.05, 4.69) is 11.6 Å². The normalized spacial score (nSPS) is 17.1. The Kier molecular flexibility index (Phi) is 1.39. The van der Waals surface area contributed by atoms with Crippen LogP contribution in [0.5, 0.6) is 0 Å². The fraction of sp³-hybridized carbons (Fsp3) is 0.200. The summed E-state index contributed by atoms with van der Waals surface area (Å²) in [6.07, 6.45) is 7.84. The van der Waals surface area contributed by atoms with Gasteiger partial charge in [-0.05, 0) is 12.3 Å². The van der Waals surface area contributed by atoms with Gasteiger partial charge in [-0.3, -0.25) is 0 Å². The molecule has 7 heavy (non-hydrogen) atoms. The molecule has 0 amide bonds. The molecule has 1 aliphatic rings. The third kappa shape index (κ3) is 1.30. The van der Waals surface area contributed by atoms with Crippen LogP contribution in [-0.2, 0) is 4.74 Å². The molecular weight excluding hydrogens is 90.1 g/mol. The molecular formula is C5H6NO. The van der Waals surface area contributed by atoms with Gasteiger partial charge >= 0.3 is 0 Å². The fourth-order valence-corrected chi connectivity index (χ4v) is 0.336. The van der Waals surface area contributed by atoms with Gasteiger partial charge in [0.15, 0.2) is 6.26 Å². The Balaban J connectivity index is 2.38. The predicted molar refractivity (Wildman–Crippen MR) is 26.0 cm³/mol. The van der Waals surface area contributed by atoms with Gasteiger partial charge in [0.1, 0.15) is 6.61 Å². The van der Waals surface area contributed by atoms with Gasteiger partial charge in [0.05, 0.1) is 0 Å². The summed E-state index contributed by atoms with van der Waals surface area (Å²) in [6.45, 7) is 0.615. The molecule has 0 aliphatic carbocycles. The molecule has 1 rings (SSSR count). The molecule has 0 spiro atoms. The average molecular weight is 96.1 g/mol. The molecule has 0 aromatic rings. The van der Waals surface area contributed by atoms with Crippen molar-refractivity contribution in [2.24, 2.45) is 0 Å². The molecule has 0 atom stereocenters. The highest BCUT2D eigenvalue weighted by atomic mass is 16.5. The van der Waals surface area contributed by atoms with Crippen molar-refractivity contribution >= 4 is 0 Å². The molecule has 1 N–H and O–H groups in total. The van der Waals surface area contributed by atoms with Crippen molar-refractivity contribution in [3.05, 3.63) is 24.7 Å². The van der Waals surface area contributed by atoms with Crippen LogP contribution in [0.4, 0.5) is 0 Å². The summed E-state index contributed by atoms with van der Waals surface area (Å²) in [5.41, 5.74) is 0. The van der Waals surface area contributed by atoms with Gasteiger partial charge in [0.2, 0.25) is 0 Å². The largest absolute Gasteiger partial charge is 0.484 e. The lowest BCUT2D eigenvalue weighted by molar-refractivity contribution is 0.267. The SMILES string of the molecule is [C]1=CNC=CCO1. The molecule has 2 nitrogen and oxygen atoms in total. The maximum absolute atomic E-state index is 4.74. The van der Waals surface area contributed by atoms with Crippen LogP contribution in [0.15, 0.2) is 18.5 Å². The van der Waals surface area contributed by atoms with Crippen molar-refractivity contribution < 1.29 is 4.74 Å². The molecule has 1 radical (unpaired) electrons. The van der Waals surface area contributed by atoms with Crippen molar-refractivity contribution in [2.75, 3.05) is 6.61 Å². The fourth-order valence-electron chi connectivity index (χ4n) is 0.336. The van der Waals surface area contributed by atoms with E-state index in [1.165, 1.54) is 0 Å². The lowest BCUT2D eigenvalue weighted by Crippen LogP contribution is -1.87. The van der Waals surface area contributed by atoms with Crippen LogP contribution in [0.3, 0.4) is 0 Å². The quantitative estimate of drug-likeness (QED) is 0.471. The third-order valence-corrected chi connectivity index (χ3v) is 0.619. The van der Waals surface area contributed by atoms with Crippen LogP contribution < -0.4 is 5.32 Å². The first kappa shape index (κ1) is 4.24. The molecule has 1 heterocycles. The molecule has 0 bridgehead atoms. The maximum atomic E-state index is 4.74. The minimum Gasteiger partial charge on any atom is -0.484 e. The highest BCUT2D eigenvalue weighted by Crippen LogP contribution is 1.80. The number of rotatable bonds is 0. The predicted octanol–water partition coefficient (Wildman–Crippen LogP) is 0.394. The second-order valence-corrected chi connectivity index (χ2v) is 1.14.